The Morgan fingerprint density at radius 1 is 1.10 bits per heavy atom. The van der Waals surface area contributed by atoms with Crippen LogP contribution in [0.2, 0.25) is 0 Å². The lowest BCUT2D eigenvalue weighted by Gasteiger charge is -2.26. The van der Waals surface area contributed by atoms with E-state index < -0.39 is 5.41 Å². The van der Waals surface area contributed by atoms with E-state index in [2.05, 4.69) is 12.2 Å². The van der Waals surface area contributed by atoms with Crippen LogP contribution in [-0.2, 0) is 11.2 Å². The molecule has 0 saturated heterocycles. The largest absolute Gasteiger partial charge is 0.494 e. The van der Waals surface area contributed by atoms with Crippen LogP contribution in [0.3, 0.4) is 0 Å². The Morgan fingerprint density at radius 3 is 2.48 bits per heavy atom. The Bertz CT molecular complexity index is 882. The molecule has 0 fully saturated rings. The highest BCUT2D eigenvalue weighted by Crippen LogP contribution is 2.34. The number of unbranched alkanes of at least 4 members (excludes halogenated alkanes) is 1. The predicted octanol–water partition coefficient (Wildman–Crippen LogP) is 5.05. The average Bonchev–Trinajstić information content (AvgIpc) is 3.10. The molecule has 0 radical (unpaired) electrons. The molecule has 0 aliphatic carbocycles. The fourth-order valence-electron chi connectivity index (χ4n) is 3.31. The number of nitrogens with one attached hydrogen (secondary N) is 1. The molecule has 0 spiro atoms. The third-order valence-electron chi connectivity index (χ3n) is 5.01. The van der Waals surface area contributed by atoms with Crippen molar-refractivity contribution in [3.63, 3.8) is 0 Å². The Hall–Kier alpha value is -2.82. The molecular weight excluding hydrogens is 364 g/mol. The van der Waals surface area contributed by atoms with Crippen molar-refractivity contribution >= 4 is 23.2 Å². The van der Waals surface area contributed by atoms with E-state index in [-0.39, 0.29) is 11.8 Å². The number of amides is 2. The molecule has 0 saturated carbocycles. The summed E-state index contributed by atoms with van der Waals surface area (Å²) in [6.45, 7) is 9.26. The van der Waals surface area contributed by atoms with Crippen molar-refractivity contribution in [2.75, 3.05) is 23.4 Å². The van der Waals surface area contributed by atoms with Gasteiger partial charge in [0.15, 0.2) is 0 Å². The zero-order valence-corrected chi connectivity index (χ0v) is 17.7. The molecule has 0 bridgehead atoms. The average molecular weight is 395 g/mol. The van der Waals surface area contributed by atoms with Crippen LogP contribution in [0.5, 0.6) is 5.75 Å². The minimum absolute atomic E-state index is 0.0957. The second-order valence-electron chi connectivity index (χ2n) is 8.48. The highest BCUT2D eigenvalue weighted by atomic mass is 16.5. The van der Waals surface area contributed by atoms with E-state index in [1.54, 1.807) is 12.1 Å². The molecule has 5 heteroatoms. The lowest BCUT2D eigenvalue weighted by atomic mass is 9.94. The molecule has 3 rings (SSSR count). The minimum Gasteiger partial charge on any atom is -0.494 e. The van der Waals surface area contributed by atoms with Crippen LogP contribution in [0.25, 0.3) is 0 Å². The first-order valence-corrected chi connectivity index (χ1v) is 10.3. The van der Waals surface area contributed by atoms with E-state index in [4.69, 9.17) is 4.74 Å². The van der Waals surface area contributed by atoms with Gasteiger partial charge in [-0.15, -0.1) is 0 Å². The number of rotatable bonds is 6. The smallest absolute Gasteiger partial charge is 0.255 e. The molecule has 1 aliphatic rings. The van der Waals surface area contributed by atoms with Crippen molar-refractivity contribution in [1.82, 2.24) is 0 Å². The minimum atomic E-state index is -0.443. The van der Waals surface area contributed by atoms with Crippen LogP contribution in [0.4, 0.5) is 11.4 Å². The SMILES string of the molecule is CCCCOc1ccc(C(=O)Nc2ccc3c(c2)N(C(=O)C(C)(C)C)CC3)cc1. The molecule has 5 nitrogen and oxygen atoms in total. The summed E-state index contributed by atoms with van der Waals surface area (Å²) in [6.07, 6.45) is 2.93. The molecule has 1 N–H and O–H groups in total. The normalized spacial score (nSPS) is 13.2. The third-order valence-corrected chi connectivity index (χ3v) is 5.01. The number of hydrogen-bond acceptors (Lipinski definition) is 3. The molecule has 2 aromatic carbocycles. The van der Waals surface area contributed by atoms with Gasteiger partial charge in [0.1, 0.15) is 5.75 Å². The second-order valence-corrected chi connectivity index (χ2v) is 8.48. The molecular formula is C24H30N2O3. The van der Waals surface area contributed by atoms with Crippen molar-refractivity contribution in [2.45, 2.75) is 47.0 Å². The number of carbonyl (C=O) groups excluding carboxylic acids is 2. The fourth-order valence-corrected chi connectivity index (χ4v) is 3.31. The van der Waals surface area contributed by atoms with Gasteiger partial charge in [-0.2, -0.15) is 0 Å². The van der Waals surface area contributed by atoms with Crippen molar-refractivity contribution in [3.05, 3.63) is 53.6 Å². The summed E-state index contributed by atoms with van der Waals surface area (Å²) in [7, 11) is 0. The number of nitrogens with zero attached hydrogens (tertiary/aromatic N) is 1. The number of anilines is 2. The standard InChI is InChI=1S/C24H30N2O3/c1-5-6-15-29-20-11-8-18(9-12-20)22(27)25-19-10-7-17-13-14-26(21(17)16-19)23(28)24(2,3)4/h7-12,16H,5-6,13-15H2,1-4H3,(H,25,27). The van der Waals surface area contributed by atoms with Crippen molar-refractivity contribution in [1.29, 1.82) is 0 Å². The Labute approximate surface area is 173 Å². The highest BCUT2D eigenvalue weighted by molar-refractivity contribution is 6.05. The van der Waals surface area contributed by atoms with Gasteiger partial charge in [-0.25, -0.2) is 0 Å². The van der Waals surface area contributed by atoms with Crippen LogP contribution < -0.4 is 15.0 Å². The zero-order chi connectivity index (χ0) is 21.0. The molecule has 2 amide bonds. The van der Waals surface area contributed by atoms with Crippen molar-refractivity contribution in [3.8, 4) is 5.75 Å². The molecule has 2 aromatic rings. The summed E-state index contributed by atoms with van der Waals surface area (Å²) in [5.74, 6) is 0.680. The lowest BCUT2D eigenvalue weighted by Crippen LogP contribution is -2.38. The maximum Gasteiger partial charge on any atom is 0.255 e. The van der Waals surface area contributed by atoms with Gasteiger partial charge in [0, 0.05) is 28.9 Å². The number of ether oxygens (including phenoxy) is 1. The van der Waals surface area contributed by atoms with Crippen molar-refractivity contribution < 1.29 is 14.3 Å². The Kier molecular flexibility index (Phi) is 6.26. The first-order valence-electron chi connectivity index (χ1n) is 10.3. The van der Waals surface area contributed by atoms with E-state index in [0.717, 1.165) is 36.3 Å². The molecule has 29 heavy (non-hydrogen) atoms. The summed E-state index contributed by atoms with van der Waals surface area (Å²) >= 11 is 0. The number of fused-ring (bicyclic) bond motifs is 1. The lowest BCUT2D eigenvalue weighted by molar-refractivity contribution is -0.125. The maximum atomic E-state index is 12.7. The van der Waals surface area contributed by atoms with Gasteiger partial charge in [-0.05, 0) is 54.8 Å². The van der Waals surface area contributed by atoms with Gasteiger partial charge in [-0.1, -0.05) is 40.2 Å². The maximum absolute atomic E-state index is 12.7. The highest BCUT2D eigenvalue weighted by Gasteiger charge is 2.32. The monoisotopic (exact) mass is 394 g/mol. The number of benzene rings is 2. The van der Waals surface area contributed by atoms with Gasteiger partial charge < -0.3 is 15.0 Å². The van der Waals surface area contributed by atoms with Crippen LogP contribution in [0, 0.1) is 5.41 Å². The fraction of sp³-hybridized carbons (Fsp3) is 0.417. The summed E-state index contributed by atoms with van der Waals surface area (Å²) in [6, 6.07) is 12.9. The van der Waals surface area contributed by atoms with E-state index in [9.17, 15) is 9.59 Å². The van der Waals surface area contributed by atoms with Crippen LogP contribution in [0.1, 0.15) is 56.5 Å². The number of carbonyl (C=O) groups is 2. The van der Waals surface area contributed by atoms with Crippen LogP contribution >= 0.6 is 0 Å². The quantitative estimate of drug-likeness (QED) is 0.697. The Morgan fingerprint density at radius 2 is 1.83 bits per heavy atom. The number of hydrogen-bond donors (Lipinski definition) is 1. The third kappa shape index (κ3) is 4.97. The summed E-state index contributed by atoms with van der Waals surface area (Å²) in [5.41, 5.74) is 2.83. The summed E-state index contributed by atoms with van der Waals surface area (Å²) in [5, 5.41) is 2.94. The molecule has 1 heterocycles. The van der Waals surface area contributed by atoms with Gasteiger partial charge >= 0.3 is 0 Å². The van der Waals surface area contributed by atoms with E-state index in [1.807, 2.05) is 56.0 Å². The predicted molar refractivity (Wildman–Crippen MR) is 117 cm³/mol. The second kappa shape index (κ2) is 8.68. The van der Waals surface area contributed by atoms with Gasteiger partial charge in [-0.3, -0.25) is 9.59 Å². The molecule has 154 valence electrons. The van der Waals surface area contributed by atoms with Gasteiger partial charge in [0.05, 0.1) is 6.61 Å². The zero-order valence-electron chi connectivity index (χ0n) is 17.7. The van der Waals surface area contributed by atoms with Gasteiger partial charge in [0.2, 0.25) is 5.91 Å². The first kappa shape index (κ1) is 20.9. The summed E-state index contributed by atoms with van der Waals surface area (Å²) < 4.78 is 5.64. The summed E-state index contributed by atoms with van der Waals surface area (Å²) in [4.78, 5) is 27.2. The topological polar surface area (TPSA) is 58.6 Å². The van der Waals surface area contributed by atoms with Crippen LogP contribution in [0.15, 0.2) is 42.5 Å². The Balaban J connectivity index is 1.70. The van der Waals surface area contributed by atoms with Crippen LogP contribution in [-0.4, -0.2) is 25.0 Å². The van der Waals surface area contributed by atoms with E-state index >= 15 is 0 Å². The van der Waals surface area contributed by atoms with Gasteiger partial charge in [0.25, 0.3) is 5.91 Å². The molecule has 0 atom stereocenters. The van der Waals surface area contributed by atoms with E-state index in [0.29, 0.717) is 24.4 Å². The molecule has 0 unspecified atom stereocenters. The van der Waals surface area contributed by atoms with E-state index in [1.165, 1.54) is 0 Å². The molecule has 1 aliphatic heterocycles. The van der Waals surface area contributed by atoms with Crippen molar-refractivity contribution in [2.24, 2.45) is 5.41 Å². The first-order chi connectivity index (χ1) is 13.8. The molecule has 0 aromatic heterocycles.